The molecule has 3 heterocycles. The van der Waals surface area contributed by atoms with E-state index in [0.717, 1.165) is 10.4 Å². The van der Waals surface area contributed by atoms with Crippen molar-refractivity contribution in [3.8, 4) is 0 Å². The summed E-state index contributed by atoms with van der Waals surface area (Å²) in [5, 5.41) is 3.22. The van der Waals surface area contributed by atoms with Gasteiger partial charge in [0.05, 0.1) is 4.88 Å². The van der Waals surface area contributed by atoms with Crippen LogP contribution in [-0.4, -0.2) is 15.9 Å². The quantitative estimate of drug-likeness (QED) is 0.800. The molecular formula is C11H10N4OS. The number of hydrogen-bond acceptors (Lipinski definition) is 5. The zero-order valence-electron chi connectivity index (χ0n) is 8.88. The average Bonchev–Trinajstić information content (AvgIpc) is 2.69. The third-order valence-electron chi connectivity index (χ3n) is 2.72. The molecule has 86 valence electrons. The van der Waals surface area contributed by atoms with Crippen LogP contribution in [0.1, 0.15) is 22.8 Å². The summed E-state index contributed by atoms with van der Waals surface area (Å²) in [7, 11) is 0. The van der Waals surface area contributed by atoms with Crippen molar-refractivity contribution in [1.29, 1.82) is 0 Å². The molecular weight excluding hydrogens is 236 g/mol. The number of pyridine rings is 1. The molecule has 5 nitrogen and oxygen atoms in total. The topological polar surface area (TPSA) is 80.9 Å². The van der Waals surface area contributed by atoms with E-state index in [4.69, 9.17) is 5.73 Å². The molecule has 1 amide bonds. The predicted octanol–water partition coefficient (Wildman–Crippen LogP) is 1.59. The molecule has 0 unspecified atom stereocenters. The minimum Gasteiger partial charge on any atom is -0.375 e. The highest BCUT2D eigenvalue weighted by molar-refractivity contribution is 7.16. The maximum absolute atomic E-state index is 11.6. The number of nitrogens with zero attached hydrogens (tertiary/aromatic N) is 2. The van der Waals surface area contributed by atoms with E-state index >= 15 is 0 Å². The van der Waals surface area contributed by atoms with Crippen molar-refractivity contribution < 1.29 is 4.79 Å². The van der Waals surface area contributed by atoms with E-state index < -0.39 is 0 Å². The third kappa shape index (κ3) is 1.76. The second kappa shape index (κ2) is 3.81. The molecule has 0 aromatic carbocycles. The number of hydrogen-bond donors (Lipinski definition) is 2. The fourth-order valence-electron chi connectivity index (χ4n) is 1.99. The Bertz CT molecular complexity index is 566. The summed E-state index contributed by atoms with van der Waals surface area (Å²) in [6, 6.07) is 3.84. The number of anilines is 2. The molecule has 0 fully saturated rings. The molecule has 1 aliphatic rings. The van der Waals surface area contributed by atoms with Gasteiger partial charge < -0.3 is 11.1 Å². The minimum atomic E-state index is -0.0309. The largest absolute Gasteiger partial charge is 0.375 e. The summed E-state index contributed by atoms with van der Waals surface area (Å²) >= 11 is 1.42. The molecule has 2 aromatic rings. The summed E-state index contributed by atoms with van der Waals surface area (Å²) in [4.78, 5) is 20.8. The molecule has 2 aromatic heterocycles. The van der Waals surface area contributed by atoms with Crippen molar-refractivity contribution in [2.45, 2.75) is 12.3 Å². The standard InChI is InChI=1S/C11H10N4OS/c12-11-15-10-9(17-11)7(4-8(16)14-10)6-2-1-3-13-5-6/h1-3,5,7H,4H2,(H2,12,15)(H,14,16)/t7-/m0/s1. The molecule has 1 aliphatic heterocycles. The Balaban J connectivity index is 2.09. The number of rotatable bonds is 1. The van der Waals surface area contributed by atoms with E-state index in [1.807, 2.05) is 12.1 Å². The number of carbonyl (C=O) groups excluding carboxylic acids is 1. The van der Waals surface area contributed by atoms with Crippen molar-refractivity contribution in [2.24, 2.45) is 0 Å². The van der Waals surface area contributed by atoms with Crippen molar-refractivity contribution in [1.82, 2.24) is 9.97 Å². The van der Waals surface area contributed by atoms with Crippen LogP contribution < -0.4 is 11.1 Å². The van der Waals surface area contributed by atoms with Crippen molar-refractivity contribution in [2.75, 3.05) is 11.1 Å². The van der Waals surface area contributed by atoms with Gasteiger partial charge in [0.1, 0.15) is 5.82 Å². The summed E-state index contributed by atoms with van der Waals surface area (Å²) in [5.74, 6) is 0.580. The lowest BCUT2D eigenvalue weighted by molar-refractivity contribution is -0.116. The number of carbonyl (C=O) groups is 1. The number of nitrogens with two attached hydrogens (primary N) is 1. The maximum atomic E-state index is 11.6. The zero-order valence-corrected chi connectivity index (χ0v) is 9.70. The smallest absolute Gasteiger partial charge is 0.226 e. The van der Waals surface area contributed by atoms with E-state index in [-0.39, 0.29) is 11.8 Å². The zero-order chi connectivity index (χ0) is 11.8. The summed E-state index contributed by atoms with van der Waals surface area (Å²) in [6.45, 7) is 0. The van der Waals surface area contributed by atoms with Crippen molar-refractivity contribution in [3.05, 3.63) is 35.0 Å². The Labute approximate surface area is 102 Å². The fraction of sp³-hybridized carbons (Fsp3) is 0.182. The first-order chi connectivity index (χ1) is 8.24. The van der Waals surface area contributed by atoms with Gasteiger partial charge in [0.25, 0.3) is 0 Å². The number of thiazole rings is 1. The van der Waals surface area contributed by atoms with Crippen LogP contribution in [0.4, 0.5) is 10.9 Å². The number of nitrogens with one attached hydrogen (secondary N) is 1. The van der Waals surface area contributed by atoms with Gasteiger partial charge in [-0.25, -0.2) is 4.98 Å². The summed E-state index contributed by atoms with van der Waals surface area (Å²) < 4.78 is 0. The monoisotopic (exact) mass is 246 g/mol. The van der Waals surface area contributed by atoms with Crippen LogP contribution in [0.3, 0.4) is 0 Å². The van der Waals surface area contributed by atoms with Crippen LogP contribution >= 0.6 is 11.3 Å². The van der Waals surface area contributed by atoms with E-state index in [9.17, 15) is 4.79 Å². The predicted molar refractivity (Wildman–Crippen MR) is 65.9 cm³/mol. The van der Waals surface area contributed by atoms with Gasteiger partial charge in [-0.3, -0.25) is 9.78 Å². The van der Waals surface area contributed by atoms with Gasteiger partial charge >= 0.3 is 0 Å². The lowest BCUT2D eigenvalue weighted by Gasteiger charge is -2.21. The first-order valence-corrected chi connectivity index (χ1v) is 6.01. The normalized spacial score (nSPS) is 18.6. The third-order valence-corrected chi connectivity index (χ3v) is 3.72. The highest BCUT2D eigenvalue weighted by Crippen LogP contribution is 2.40. The number of nitrogen functional groups attached to an aromatic ring is 1. The van der Waals surface area contributed by atoms with Crippen LogP contribution in [0.25, 0.3) is 0 Å². The van der Waals surface area contributed by atoms with Gasteiger partial charge in [-0.15, -0.1) is 0 Å². The highest BCUT2D eigenvalue weighted by atomic mass is 32.1. The molecule has 3 rings (SSSR count). The molecule has 1 atom stereocenters. The molecule has 0 spiro atoms. The molecule has 6 heteroatoms. The molecule has 17 heavy (non-hydrogen) atoms. The first kappa shape index (κ1) is 10.2. The van der Waals surface area contributed by atoms with Crippen LogP contribution in [0.15, 0.2) is 24.5 Å². The van der Waals surface area contributed by atoms with Crippen molar-refractivity contribution >= 4 is 28.2 Å². The summed E-state index contributed by atoms with van der Waals surface area (Å²) in [6.07, 6.45) is 3.91. The second-order valence-electron chi connectivity index (χ2n) is 3.86. The lowest BCUT2D eigenvalue weighted by atomic mass is 9.93. The Morgan fingerprint density at radius 2 is 2.41 bits per heavy atom. The van der Waals surface area contributed by atoms with E-state index in [1.165, 1.54) is 11.3 Å². The van der Waals surface area contributed by atoms with Crippen LogP contribution in [-0.2, 0) is 4.79 Å². The highest BCUT2D eigenvalue weighted by Gasteiger charge is 2.29. The van der Waals surface area contributed by atoms with Crippen LogP contribution in [0, 0.1) is 0 Å². The van der Waals surface area contributed by atoms with Gasteiger partial charge in [-0.1, -0.05) is 17.4 Å². The van der Waals surface area contributed by atoms with E-state index in [2.05, 4.69) is 15.3 Å². The van der Waals surface area contributed by atoms with Crippen LogP contribution in [0.5, 0.6) is 0 Å². The first-order valence-electron chi connectivity index (χ1n) is 5.20. The lowest BCUT2D eigenvalue weighted by Crippen LogP contribution is -2.22. The molecule has 0 bridgehead atoms. The summed E-state index contributed by atoms with van der Waals surface area (Å²) in [5.41, 5.74) is 6.71. The van der Waals surface area contributed by atoms with E-state index in [1.54, 1.807) is 12.4 Å². The maximum Gasteiger partial charge on any atom is 0.226 e. The molecule has 0 aliphatic carbocycles. The molecule has 3 N–H and O–H groups in total. The number of amides is 1. The van der Waals surface area contributed by atoms with E-state index in [0.29, 0.717) is 17.4 Å². The minimum absolute atomic E-state index is 0.0160. The molecule has 0 radical (unpaired) electrons. The van der Waals surface area contributed by atoms with Gasteiger partial charge in [0.2, 0.25) is 5.91 Å². The van der Waals surface area contributed by atoms with Crippen LogP contribution in [0.2, 0.25) is 0 Å². The van der Waals surface area contributed by atoms with Gasteiger partial charge in [-0.2, -0.15) is 0 Å². The van der Waals surface area contributed by atoms with Gasteiger partial charge in [-0.05, 0) is 11.6 Å². The fourth-order valence-corrected chi connectivity index (χ4v) is 2.90. The van der Waals surface area contributed by atoms with Crippen molar-refractivity contribution in [3.63, 3.8) is 0 Å². The van der Waals surface area contributed by atoms with Gasteiger partial charge in [0, 0.05) is 24.7 Å². The number of fused-ring (bicyclic) bond motifs is 1. The number of aromatic nitrogens is 2. The second-order valence-corrected chi connectivity index (χ2v) is 4.92. The molecule has 0 saturated heterocycles. The SMILES string of the molecule is Nc1nc2c(s1)[C@H](c1cccnc1)CC(=O)N2. The molecule has 0 saturated carbocycles. The average molecular weight is 246 g/mol. The Kier molecular flexibility index (Phi) is 2.29. The Morgan fingerprint density at radius 1 is 1.53 bits per heavy atom. The Morgan fingerprint density at radius 3 is 3.18 bits per heavy atom. The Hall–Kier alpha value is -1.95. The van der Waals surface area contributed by atoms with Gasteiger partial charge in [0.15, 0.2) is 5.13 Å².